The zero-order valence-electron chi connectivity index (χ0n) is 11.2. The average Bonchev–Trinajstić information content (AvgIpc) is 2.84. The lowest BCUT2D eigenvalue weighted by Crippen LogP contribution is -2.16. The molecule has 0 saturated heterocycles. The second-order valence-electron chi connectivity index (χ2n) is 4.66. The Hall–Kier alpha value is -1.72. The molecule has 2 rings (SSSR count). The summed E-state index contributed by atoms with van der Waals surface area (Å²) < 4.78 is 0. The van der Waals surface area contributed by atoms with Crippen LogP contribution in [-0.4, -0.2) is 23.4 Å². The molecule has 1 aliphatic heterocycles. The van der Waals surface area contributed by atoms with Gasteiger partial charge in [0.05, 0.1) is 5.56 Å². The Morgan fingerprint density at radius 2 is 2.25 bits per heavy atom. The van der Waals surface area contributed by atoms with Crippen LogP contribution in [0.4, 0.5) is 0 Å². The summed E-state index contributed by atoms with van der Waals surface area (Å²) in [7, 11) is -0.250. The van der Waals surface area contributed by atoms with E-state index < -0.39 is 5.97 Å². The van der Waals surface area contributed by atoms with Crippen molar-refractivity contribution in [2.24, 2.45) is 5.73 Å². The number of carboxylic acids is 1. The molecule has 0 bridgehead atoms. The summed E-state index contributed by atoms with van der Waals surface area (Å²) in [5, 5.41) is 15.5. The number of aromatic carboxylic acids is 1. The first-order valence-corrected chi connectivity index (χ1v) is 8.20. The van der Waals surface area contributed by atoms with Crippen LogP contribution in [0.2, 0.25) is 0 Å². The molecule has 4 nitrogen and oxygen atoms in total. The number of hydrogen-bond acceptors (Lipinski definition) is 3. The van der Waals surface area contributed by atoms with E-state index in [1.165, 1.54) is 0 Å². The molecular formula is C15H20N2O2S. The van der Waals surface area contributed by atoms with E-state index in [9.17, 15) is 4.79 Å². The molecular weight excluding hydrogens is 272 g/mol. The van der Waals surface area contributed by atoms with Crippen molar-refractivity contribution < 1.29 is 9.90 Å². The summed E-state index contributed by atoms with van der Waals surface area (Å²) in [6.45, 7) is 1.61. The Morgan fingerprint density at radius 3 is 2.95 bits per heavy atom. The van der Waals surface area contributed by atoms with E-state index in [4.69, 9.17) is 10.8 Å². The molecule has 0 aromatic heterocycles. The van der Waals surface area contributed by atoms with E-state index in [-0.39, 0.29) is 10.9 Å². The highest BCUT2D eigenvalue weighted by molar-refractivity contribution is 8.23. The van der Waals surface area contributed by atoms with Crippen molar-refractivity contribution >= 4 is 16.9 Å². The van der Waals surface area contributed by atoms with Crippen LogP contribution in [0, 0.1) is 0 Å². The number of carboxylic acid groups (broad SMARTS) is 1. The molecule has 1 heterocycles. The fourth-order valence-electron chi connectivity index (χ4n) is 2.05. The summed E-state index contributed by atoms with van der Waals surface area (Å²) in [5.74, 6) is 0.223. The molecule has 0 saturated carbocycles. The summed E-state index contributed by atoms with van der Waals surface area (Å²) in [4.78, 5) is 10.9. The van der Waals surface area contributed by atoms with Crippen LogP contribution in [0.25, 0.3) is 0 Å². The minimum Gasteiger partial charge on any atom is -0.478 e. The quantitative estimate of drug-likeness (QED) is 0.459. The first-order valence-electron chi connectivity index (χ1n) is 6.60. The van der Waals surface area contributed by atoms with Gasteiger partial charge in [-0.1, -0.05) is 18.2 Å². The highest BCUT2D eigenvalue weighted by Gasteiger charge is 2.06. The third kappa shape index (κ3) is 4.15. The molecule has 1 unspecified atom stereocenters. The number of rotatable bonds is 7. The van der Waals surface area contributed by atoms with Crippen LogP contribution >= 0.6 is 10.9 Å². The molecule has 5 heteroatoms. The van der Waals surface area contributed by atoms with Gasteiger partial charge in [0.2, 0.25) is 0 Å². The molecule has 1 atom stereocenters. The topological polar surface area (TPSA) is 75.3 Å². The molecule has 0 amide bonds. The number of allylic oxidation sites excluding steroid dienone is 2. The number of benzene rings is 1. The lowest BCUT2D eigenvalue weighted by molar-refractivity contribution is 0.0696. The highest BCUT2D eigenvalue weighted by Crippen LogP contribution is 2.37. The molecule has 0 aliphatic carbocycles. The van der Waals surface area contributed by atoms with Crippen molar-refractivity contribution in [3.8, 4) is 0 Å². The first-order chi connectivity index (χ1) is 9.66. The Labute approximate surface area is 121 Å². The number of hydrogen-bond donors (Lipinski definition) is 4. The summed E-state index contributed by atoms with van der Waals surface area (Å²) >= 11 is 0. The van der Waals surface area contributed by atoms with Gasteiger partial charge in [0.15, 0.2) is 0 Å². The highest BCUT2D eigenvalue weighted by atomic mass is 32.2. The van der Waals surface area contributed by atoms with Crippen molar-refractivity contribution in [3.63, 3.8) is 0 Å². The zero-order chi connectivity index (χ0) is 14.4. The fourth-order valence-corrected chi connectivity index (χ4v) is 3.70. The van der Waals surface area contributed by atoms with Crippen LogP contribution in [-0.2, 0) is 6.54 Å². The Bertz CT molecular complexity index is 540. The summed E-state index contributed by atoms with van der Waals surface area (Å²) in [6.07, 6.45) is 5.09. The molecule has 1 aromatic rings. The predicted octanol–water partition coefficient (Wildman–Crippen LogP) is 2.19. The van der Waals surface area contributed by atoms with Crippen molar-refractivity contribution in [3.05, 3.63) is 58.0 Å². The van der Waals surface area contributed by atoms with Gasteiger partial charge >= 0.3 is 5.97 Å². The van der Waals surface area contributed by atoms with Gasteiger partial charge in [-0.15, -0.1) is 0 Å². The fraction of sp³-hybridized carbons (Fsp3) is 0.267. The zero-order valence-corrected chi connectivity index (χ0v) is 12.1. The minimum absolute atomic E-state index is 0.250. The lowest BCUT2D eigenvalue weighted by Gasteiger charge is -2.14. The van der Waals surface area contributed by atoms with Crippen molar-refractivity contribution in [2.45, 2.75) is 13.0 Å². The van der Waals surface area contributed by atoms with Gasteiger partial charge in [-0.25, -0.2) is 4.79 Å². The van der Waals surface area contributed by atoms with Gasteiger partial charge in [0, 0.05) is 11.6 Å². The van der Waals surface area contributed by atoms with E-state index in [1.807, 2.05) is 18.2 Å². The van der Waals surface area contributed by atoms with Gasteiger partial charge in [-0.3, -0.25) is 0 Å². The maximum absolute atomic E-state index is 10.9. The summed E-state index contributed by atoms with van der Waals surface area (Å²) in [6, 6.07) is 7.03. The van der Waals surface area contributed by atoms with Gasteiger partial charge in [0.1, 0.15) is 0 Å². The molecule has 0 radical (unpaired) electrons. The van der Waals surface area contributed by atoms with Crippen molar-refractivity contribution in [1.29, 1.82) is 0 Å². The van der Waals surface area contributed by atoms with Crippen molar-refractivity contribution in [1.82, 2.24) is 5.32 Å². The van der Waals surface area contributed by atoms with Gasteiger partial charge in [0.25, 0.3) is 0 Å². The monoisotopic (exact) mass is 292 g/mol. The van der Waals surface area contributed by atoms with E-state index in [0.717, 1.165) is 29.3 Å². The molecule has 1 aliphatic rings. The maximum atomic E-state index is 10.9. The number of carbonyl (C=O) groups is 1. The Morgan fingerprint density at radius 1 is 1.40 bits per heavy atom. The molecule has 1 aromatic carbocycles. The van der Waals surface area contributed by atoms with Crippen LogP contribution in [0.15, 0.2) is 46.9 Å². The number of nitrogens with two attached hydrogens (primary N) is 1. The molecule has 0 spiro atoms. The predicted molar refractivity (Wildman–Crippen MR) is 85.0 cm³/mol. The normalized spacial score (nSPS) is 19.0. The van der Waals surface area contributed by atoms with Gasteiger partial charge < -0.3 is 16.2 Å². The third-order valence-electron chi connectivity index (χ3n) is 3.12. The maximum Gasteiger partial charge on any atom is 0.335 e. The van der Waals surface area contributed by atoms with E-state index >= 15 is 0 Å². The Kier molecular flexibility index (Phi) is 5.26. The standard InChI is InChI=1S/C15H20N2O2S/c16-14-6-2-8-20(14)9-3-7-17-11-12-4-1-5-13(10-12)15(18)19/h1-2,4-6,8,10,17,20H,3,7,9,11,16H2,(H,18,19). The number of thiol groups is 1. The largest absolute Gasteiger partial charge is 0.478 e. The van der Waals surface area contributed by atoms with Crippen molar-refractivity contribution in [2.75, 3.05) is 12.3 Å². The van der Waals surface area contributed by atoms with Crippen LogP contribution in [0.1, 0.15) is 22.3 Å². The molecule has 4 N–H and O–H groups in total. The van der Waals surface area contributed by atoms with Crippen LogP contribution in [0.5, 0.6) is 0 Å². The number of nitrogens with one attached hydrogen (secondary N) is 1. The van der Waals surface area contributed by atoms with Crippen LogP contribution in [0.3, 0.4) is 0 Å². The Balaban J connectivity index is 1.68. The first kappa shape index (κ1) is 14.7. The second kappa shape index (κ2) is 7.17. The van der Waals surface area contributed by atoms with E-state index in [0.29, 0.717) is 12.1 Å². The molecule has 20 heavy (non-hydrogen) atoms. The van der Waals surface area contributed by atoms with E-state index in [2.05, 4.69) is 10.7 Å². The SMILES string of the molecule is NC1=CC=C[SH]1CCCNCc1cccc(C(=O)O)c1. The van der Waals surface area contributed by atoms with Crippen LogP contribution < -0.4 is 11.1 Å². The molecule has 0 fully saturated rings. The van der Waals surface area contributed by atoms with E-state index in [1.54, 1.807) is 18.2 Å². The van der Waals surface area contributed by atoms with Gasteiger partial charge in [-0.05, 0) is 47.9 Å². The lowest BCUT2D eigenvalue weighted by atomic mass is 10.1. The van der Waals surface area contributed by atoms with Gasteiger partial charge in [-0.2, -0.15) is 10.9 Å². The minimum atomic E-state index is -0.884. The average molecular weight is 292 g/mol. The smallest absolute Gasteiger partial charge is 0.335 e. The third-order valence-corrected chi connectivity index (χ3v) is 5.26. The summed E-state index contributed by atoms with van der Waals surface area (Å²) in [5.41, 5.74) is 7.21. The molecule has 108 valence electrons. The second-order valence-corrected chi connectivity index (χ2v) is 6.86.